The highest BCUT2D eigenvalue weighted by atomic mass is 16.6. The Balaban J connectivity index is 1.65. The first kappa shape index (κ1) is 21.0. The molecule has 158 valence electrons. The molecule has 1 saturated heterocycles. The SMILES string of the molecule is COC(=O)CCNc1cccc2c1ccn2C1CCN(C(=O)OC(C)(C)C)CC1. The van der Waals surface area contributed by atoms with Gasteiger partial charge in [0, 0.05) is 42.9 Å². The summed E-state index contributed by atoms with van der Waals surface area (Å²) < 4.78 is 12.5. The van der Waals surface area contributed by atoms with Crippen LogP contribution >= 0.6 is 0 Å². The number of nitrogens with one attached hydrogen (secondary N) is 1. The van der Waals surface area contributed by atoms with Crippen molar-refractivity contribution in [2.24, 2.45) is 0 Å². The van der Waals surface area contributed by atoms with E-state index in [-0.39, 0.29) is 12.1 Å². The molecule has 3 rings (SSSR count). The minimum absolute atomic E-state index is 0.223. The van der Waals surface area contributed by atoms with Crippen molar-refractivity contribution in [3.05, 3.63) is 30.5 Å². The molecule has 29 heavy (non-hydrogen) atoms. The molecule has 0 radical (unpaired) electrons. The largest absolute Gasteiger partial charge is 0.469 e. The van der Waals surface area contributed by atoms with E-state index in [4.69, 9.17) is 9.47 Å². The summed E-state index contributed by atoms with van der Waals surface area (Å²) in [6, 6.07) is 8.61. The van der Waals surface area contributed by atoms with E-state index in [0.29, 0.717) is 32.1 Å². The van der Waals surface area contributed by atoms with Crippen LogP contribution in [0, 0.1) is 0 Å². The molecule has 0 spiro atoms. The Labute approximate surface area is 171 Å². The number of fused-ring (bicyclic) bond motifs is 1. The molecule has 1 fully saturated rings. The lowest BCUT2D eigenvalue weighted by molar-refractivity contribution is -0.140. The summed E-state index contributed by atoms with van der Waals surface area (Å²) in [6.45, 7) is 7.58. The first-order valence-electron chi connectivity index (χ1n) is 10.2. The van der Waals surface area contributed by atoms with E-state index >= 15 is 0 Å². The molecular weight excluding hydrogens is 370 g/mol. The summed E-state index contributed by atoms with van der Waals surface area (Å²) in [5.74, 6) is -0.223. The third-order valence-electron chi connectivity index (χ3n) is 5.14. The maximum Gasteiger partial charge on any atom is 0.410 e. The Morgan fingerprint density at radius 3 is 2.55 bits per heavy atom. The zero-order valence-electron chi connectivity index (χ0n) is 17.7. The Morgan fingerprint density at radius 1 is 1.17 bits per heavy atom. The quantitative estimate of drug-likeness (QED) is 0.761. The van der Waals surface area contributed by atoms with Gasteiger partial charge in [0.1, 0.15) is 5.60 Å². The van der Waals surface area contributed by atoms with Gasteiger partial charge in [-0.25, -0.2) is 4.79 Å². The molecule has 1 aromatic carbocycles. The number of likely N-dealkylation sites (tertiary alicyclic amines) is 1. The highest BCUT2D eigenvalue weighted by Gasteiger charge is 2.28. The van der Waals surface area contributed by atoms with Crippen molar-refractivity contribution in [3.8, 4) is 0 Å². The summed E-state index contributed by atoms with van der Waals surface area (Å²) in [6.07, 6.45) is 4.00. The van der Waals surface area contributed by atoms with Gasteiger partial charge in [-0.1, -0.05) is 6.07 Å². The number of rotatable bonds is 5. The fourth-order valence-electron chi connectivity index (χ4n) is 3.72. The van der Waals surface area contributed by atoms with Gasteiger partial charge in [-0.15, -0.1) is 0 Å². The van der Waals surface area contributed by atoms with Crippen LogP contribution in [0.3, 0.4) is 0 Å². The van der Waals surface area contributed by atoms with Gasteiger partial charge in [0.15, 0.2) is 0 Å². The van der Waals surface area contributed by atoms with Crippen LogP contribution in [-0.4, -0.2) is 53.9 Å². The third-order valence-corrected chi connectivity index (χ3v) is 5.14. The molecule has 2 aromatic rings. The van der Waals surface area contributed by atoms with Crippen molar-refractivity contribution in [1.29, 1.82) is 0 Å². The topological polar surface area (TPSA) is 72.8 Å². The number of nitrogens with zero attached hydrogens (tertiary/aromatic N) is 2. The van der Waals surface area contributed by atoms with Gasteiger partial charge < -0.3 is 24.3 Å². The molecule has 0 aliphatic carbocycles. The van der Waals surface area contributed by atoms with Crippen molar-refractivity contribution in [2.75, 3.05) is 32.1 Å². The van der Waals surface area contributed by atoms with E-state index in [1.54, 1.807) is 4.90 Å². The van der Waals surface area contributed by atoms with E-state index in [1.165, 1.54) is 7.11 Å². The summed E-state index contributed by atoms with van der Waals surface area (Å²) in [5, 5.41) is 4.46. The second-order valence-corrected chi connectivity index (χ2v) is 8.41. The monoisotopic (exact) mass is 401 g/mol. The standard InChI is InChI=1S/C22H31N3O4/c1-22(2,3)29-21(27)24-13-9-16(10-14-24)25-15-11-17-18(6-5-7-19(17)25)23-12-8-20(26)28-4/h5-7,11,15-16,23H,8-10,12-14H2,1-4H3. The normalized spacial score (nSPS) is 15.4. The second-order valence-electron chi connectivity index (χ2n) is 8.41. The Bertz CT molecular complexity index is 861. The smallest absolute Gasteiger partial charge is 0.410 e. The lowest BCUT2D eigenvalue weighted by atomic mass is 10.0. The molecule has 0 saturated carbocycles. The predicted molar refractivity (Wildman–Crippen MR) is 113 cm³/mol. The van der Waals surface area contributed by atoms with Gasteiger partial charge in [0.25, 0.3) is 0 Å². The van der Waals surface area contributed by atoms with Crippen LogP contribution in [0.2, 0.25) is 0 Å². The molecule has 1 aromatic heterocycles. The number of benzene rings is 1. The first-order chi connectivity index (χ1) is 13.8. The molecule has 0 bridgehead atoms. The fraction of sp³-hybridized carbons (Fsp3) is 0.545. The van der Waals surface area contributed by atoms with Crippen LogP contribution in [0.25, 0.3) is 10.9 Å². The van der Waals surface area contributed by atoms with E-state index < -0.39 is 5.60 Å². The van der Waals surface area contributed by atoms with Gasteiger partial charge in [-0.3, -0.25) is 4.79 Å². The number of aromatic nitrogens is 1. The number of methoxy groups -OCH3 is 1. The number of hydrogen-bond donors (Lipinski definition) is 1. The Hall–Kier alpha value is -2.70. The summed E-state index contributed by atoms with van der Waals surface area (Å²) in [7, 11) is 1.40. The minimum atomic E-state index is -0.470. The number of carbonyl (C=O) groups is 2. The molecule has 7 nitrogen and oxygen atoms in total. The van der Waals surface area contributed by atoms with Crippen LogP contribution in [0.4, 0.5) is 10.5 Å². The van der Waals surface area contributed by atoms with E-state index in [1.807, 2.05) is 32.9 Å². The Morgan fingerprint density at radius 2 is 1.90 bits per heavy atom. The van der Waals surface area contributed by atoms with Crippen molar-refractivity contribution in [3.63, 3.8) is 0 Å². The van der Waals surface area contributed by atoms with Crippen molar-refractivity contribution in [1.82, 2.24) is 9.47 Å². The number of anilines is 1. The summed E-state index contributed by atoms with van der Waals surface area (Å²) >= 11 is 0. The van der Waals surface area contributed by atoms with Gasteiger partial charge in [-0.05, 0) is 51.8 Å². The van der Waals surface area contributed by atoms with Crippen molar-refractivity contribution < 1.29 is 19.1 Å². The van der Waals surface area contributed by atoms with Gasteiger partial charge in [-0.2, -0.15) is 0 Å². The van der Waals surface area contributed by atoms with Crippen LogP contribution < -0.4 is 5.32 Å². The number of piperidine rings is 1. The van der Waals surface area contributed by atoms with E-state index in [0.717, 1.165) is 29.4 Å². The molecule has 1 aliphatic heterocycles. The second kappa shape index (κ2) is 8.76. The summed E-state index contributed by atoms with van der Waals surface area (Å²) in [5.41, 5.74) is 1.70. The zero-order valence-corrected chi connectivity index (χ0v) is 17.7. The minimum Gasteiger partial charge on any atom is -0.469 e. The first-order valence-corrected chi connectivity index (χ1v) is 10.2. The molecule has 0 unspecified atom stereocenters. The Kier molecular flexibility index (Phi) is 6.35. The molecule has 2 heterocycles. The van der Waals surface area contributed by atoms with Crippen molar-refractivity contribution in [2.45, 2.75) is 51.7 Å². The van der Waals surface area contributed by atoms with Gasteiger partial charge in [0.2, 0.25) is 0 Å². The molecule has 7 heteroatoms. The van der Waals surface area contributed by atoms with Crippen molar-refractivity contribution >= 4 is 28.7 Å². The average Bonchev–Trinajstić information content (AvgIpc) is 3.11. The zero-order chi connectivity index (χ0) is 21.0. The highest BCUT2D eigenvalue weighted by Crippen LogP contribution is 2.31. The van der Waals surface area contributed by atoms with Crippen LogP contribution in [-0.2, 0) is 14.3 Å². The third kappa shape index (κ3) is 5.22. The highest BCUT2D eigenvalue weighted by molar-refractivity contribution is 5.92. The fourth-order valence-corrected chi connectivity index (χ4v) is 3.72. The number of esters is 1. The maximum absolute atomic E-state index is 12.3. The average molecular weight is 402 g/mol. The lowest BCUT2D eigenvalue weighted by Gasteiger charge is -2.34. The van der Waals surface area contributed by atoms with Crippen LogP contribution in [0.15, 0.2) is 30.5 Å². The van der Waals surface area contributed by atoms with Gasteiger partial charge >= 0.3 is 12.1 Å². The molecule has 1 amide bonds. The van der Waals surface area contributed by atoms with E-state index in [2.05, 4.69) is 28.2 Å². The molecule has 1 N–H and O–H groups in total. The van der Waals surface area contributed by atoms with Gasteiger partial charge in [0.05, 0.1) is 19.0 Å². The molecule has 1 aliphatic rings. The predicted octanol–water partition coefficient (Wildman–Crippen LogP) is 4.19. The van der Waals surface area contributed by atoms with E-state index in [9.17, 15) is 9.59 Å². The molecule has 0 atom stereocenters. The number of carbonyl (C=O) groups excluding carboxylic acids is 2. The number of ether oxygens (including phenoxy) is 2. The summed E-state index contributed by atoms with van der Waals surface area (Å²) in [4.78, 5) is 25.4. The molecular formula is C22H31N3O4. The lowest BCUT2D eigenvalue weighted by Crippen LogP contribution is -2.42. The van der Waals surface area contributed by atoms with Crippen LogP contribution in [0.1, 0.15) is 46.1 Å². The van der Waals surface area contributed by atoms with Crippen LogP contribution in [0.5, 0.6) is 0 Å². The number of hydrogen-bond acceptors (Lipinski definition) is 5. The maximum atomic E-state index is 12.3. The number of amides is 1.